The average molecular weight is 576 g/mol. The smallest absolute Gasteiger partial charge is 0.264 e. The first-order chi connectivity index (χ1) is 19.5. The van der Waals surface area contributed by atoms with Crippen LogP contribution in [0.4, 0.5) is 39.3 Å². The monoisotopic (exact) mass is 575 g/mol. The fraction of sp³-hybridized carbons (Fsp3) is 0.333. The molecule has 1 aromatic carbocycles. The first-order valence-corrected chi connectivity index (χ1v) is 12.7. The molecular formula is C27H26F5N7O2. The van der Waals surface area contributed by atoms with E-state index in [4.69, 9.17) is 0 Å². The molecule has 0 bridgehead atoms. The van der Waals surface area contributed by atoms with Gasteiger partial charge in [0.05, 0.1) is 29.2 Å². The molecular weight excluding hydrogens is 549 g/mol. The van der Waals surface area contributed by atoms with Gasteiger partial charge in [0.25, 0.3) is 12.3 Å². The Bertz CT molecular complexity index is 1560. The maximum atomic E-state index is 16.3. The lowest BCUT2D eigenvalue weighted by Gasteiger charge is -2.40. The maximum Gasteiger partial charge on any atom is 0.264 e. The van der Waals surface area contributed by atoms with Crippen molar-refractivity contribution in [1.82, 2.24) is 19.9 Å². The van der Waals surface area contributed by atoms with Crippen molar-refractivity contribution in [3.05, 3.63) is 81.3 Å². The predicted molar refractivity (Wildman–Crippen MR) is 143 cm³/mol. The Morgan fingerprint density at radius 3 is 2.54 bits per heavy atom. The number of likely N-dealkylation sites (N-methyl/N-ethyl adjacent to an activating group) is 1. The standard InChI is InChI=1S/C27H26F5N7O2/c1-14-12-38(6-5-37(14)2)20-8-19(29)22(15-3-4-39(13-15)27-34-9-16(28)10-35-27)23(30)24(20)36-26(41)18-11-33-21(40)7-17(18)25(31)32/h3,7-11,14,25H,4-6,12-13H2,1-2H3,(H,33,40)(H,36,41)/t14-/m0/s1. The van der Waals surface area contributed by atoms with Gasteiger partial charge in [0.2, 0.25) is 11.5 Å². The van der Waals surface area contributed by atoms with Crippen LogP contribution in [-0.2, 0) is 0 Å². The Labute approximate surface area is 231 Å². The average Bonchev–Trinajstić information content (AvgIpc) is 3.41. The molecule has 4 heterocycles. The normalized spacial score (nSPS) is 17.8. The molecule has 5 rings (SSSR count). The summed E-state index contributed by atoms with van der Waals surface area (Å²) >= 11 is 0. The molecule has 1 fully saturated rings. The van der Waals surface area contributed by atoms with Gasteiger partial charge in [-0.25, -0.2) is 31.9 Å². The fourth-order valence-corrected chi connectivity index (χ4v) is 4.94. The minimum atomic E-state index is -3.15. The molecule has 1 saturated heterocycles. The van der Waals surface area contributed by atoms with Gasteiger partial charge in [-0.15, -0.1) is 0 Å². The Balaban J connectivity index is 1.55. The van der Waals surface area contributed by atoms with Gasteiger partial charge >= 0.3 is 0 Å². The number of aromatic nitrogens is 3. The van der Waals surface area contributed by atoms with Crippen molar-refractivity contribution in [1.29, 1.82) is 0 Å². The van der Waals surface area contributed by atoms with Crippen molar-refractivity contribution >= 4 is 28.8 Å². The first kappa shape index (κ1) is 28.2. The molecule has 1 atom stereocenters. The second-order valence-electron chi connectivity index (χ2n) is 9.95. The van der Waals surface area contributed by atoms with Crippen LogP contribution in [0.3, 0.4) is 0 Å². The molecule has 3 aromatic rings. The lowest BCUT2D eigenvalue weighted by atomic mass is 10.0. The number of hydrogen-bond donors (Lipinski definition) is 2. The predicted octanol–water partition coefficient (Wildman–Crippen LogP) is 3.82. The van der Waals surface area contributed by atoms with E-state index in [0.717, 1.165) is 24.7 Å². The number of halogens is 5. The SMILES string of the molecule is C[C@H]1CN(c2cc(F)c(C3=CCN(c4ncc(F)cn4)C3)c(F)c2NC(=O)c2c[nH]c(=O)cc2C(F)F)CCN1C. The van der Waals surface area contributed by atoms with Gasteiger partial charge in [-0.05, 0) is 19.5 Å². The zero-order valence-electron chi connectivity index (χ0n) is 22.1. The number of piperazine rings is 1. The highest BCUT2D eigenvalue weighted by molar-refractivity contribution is 6.07. The van der Waals surface area contributed by atoms with E-state index in [1.54, 1.807) is 15.9 Å². The Kier molecular flexibility index (Phi) is 7.76. The van der Waals surface area contributed by atoms with Crippen molar-refractivity contribution in [2.24, 2.45) is 0 Å². The number of alkyl halides is 2. The topological polar surface area (TPSA) is 97.5 Å². The summed E-state index contributed by atoms with van der Waals surface area (Å²) in [6.45, 7) is 3.47. The first-order valence-electron chi connectivity index (χ1n) is 12.7. The van der Waals surface area contributed by atoms with E-state index in [1.165, 1.54) is 0 Å². The van der Waals surface area contributed by atoms with Crippen molar-refractivity contribution in [2.75, 3.05) is 54.9 Å². The van der Waals surface area contributed by atoms with E-state index in [9.17, 15) is 22.8 Å². The number of carbonyl (C=O) groups is 1. The number of aromatic amines is 1. The number of carbonyl (C=O) groups excluding carboxylic acids is 1. The number of benzene rings is 1. The number of H-pyrrole nitrogens is 1. The van der Waals surface area contributed by atoms with Crippen LogP contribution in [0.5, 0.6) is 0 Å². The van der Waals surface area contributed by atoms with Crippen LogP contribution in [-0.4, -0.2) is 71.6 Å². The summed E-state index contributed by atoms with van der Waals surface area (Å²) < 4.78 is 72.5. The minimum absolute atomic E-state index is 0.00674. The number of nitrogens with zero attached hydrogens (tertiary/aromatic N) is 5. The molecule has 9 nitrogen and oxygen atoms in total. The van der Waals surface area contributed by atoms with E-state index in [1.807, 2.05) is 14.0 Å². The second-order valence-corrected chi connectivity index (χ2v) is 9.95. The third-order valence-electron chi connectivity index (χ3n) is 7.30. The molecule has 2 N–H and O–H groups in total. The highest BCUT2D eigenvalue weighted by Crippen LogP contribution is 2.39. The van der Waals surface area contributed by atoms with Gasteiger partial charge in [0, 0.05) is 62.7 Å². The van der Waals surface area contributed by atoms with Crippen LogP contribution < -0.4 is 20.7 Å². The van der Waals surface area contributed by atoms with Gasteiger partial charge in [-0.1, -0.05) is 6.08 Å². The molecule has 0 aliphatic carbocycles. The molecule has 2 aromatic heterocycles. The lowest BCUT2D eigenvalue weighted by Crippen LogP contribution is -2.50. The Morgan fingerprint density at radius 1 is 1.12 bits per heavy atom. The van der Waals surface area contributed by atoms with E-state index in [0.29, 0.717) is 25.7 Å². The summed E-state index contributed by atoms with van der Waals surface area (Å²) in [5, 5.41) is 2.37. The third-order valence-corrected chi connectivity index (χ3v) is 7.30. The van der Waals surface area contributed by atoms with E-state index >= 15 is 8.78 Å². The van der Waals surface area contributed by atoms with Gasteiger partial charge < -0.3 is 25.0 Å². The summed E-state index contributed by atoms with van der Waals surface area (Å²) in [4.78, 5) is 40.2. The number of anilines is 3. The minimum Gasteiger partial charge on any atom is -0.367 e. The van der Waals surface area contributed by atoms with Gasteiger partial charge in [0.15, 0.2) is 11.6 Å². The van der Waals surface area contributed by atoms with Gasteiger partial charge in [-0.2, -0.15) is 0 Å². The molecule has 2 aliphatic rings. The molecule has 0 unspecified atom stereocenters. The quantitative estimate of drug-likeness (QED) is 0.432. The highest BCUT2D eigenvalue weighted by Gasteiger charge is 2.31. The second kappa shape index (κ2) is 11.3. The molecule has 0 saturated carbocycles. The molecule has 41 heavy (non-hydrogen) atoms. The summed E-state index contributed by atoms with van der Waals surface area (Å²) in [5.41, 5.74) is -2.71. The molecule has 1 amide bonds. The van der Waals surface area contributed by atoms with Crippen molar-refractivity contribution in [2.45, 2.75) is 19.4 Å². The summed E-state index contributed by atoms with van der Waals surface area (Å²) in [6, 6.07) is 1.74. The largest absolute Gasteiger partial charge is 0.367 e. The number of nitrogens with one attached hydrogen (secondary N) is 2. The van der Waals surface area contributed by atoms with Crippen molar-refractivity contribution in [3.63, 3.8) is 0 Å². The summed E-state index contributed by atoms with van der Waals surface area (Å²) in [7, 11) is 1.92. The number of rotatable bonds is 6. The lowest BCUT2D eigenvalue weighted by molar-refractivity contribution is 0.101. The summed E-state index contributed by atoms with van der Waals surface area (Å²) in [5.74, 6) is -3.54. The van der Waals surface area contributed by atoms with Gasteiger partial charge in [0.1, 0.15) is 11.5 Å². The third kappa shape index (κ3) is 5.64. The van der Waals surface area contributed by atoms with Crippen LogP contribution in [0, 0.1) is 17.5 Å². The van der Waals surface area contributed by atoms with Crippen molar-refractivity contribution < 1.29 is 26.7 Å². The molecule has 2 aliphatic heterocycles. The zero-order chi connectivity index (χ0) is 29.4. The van der Waals surface area contributed by atoms with Crippen LogP contribution in [0.2, 0.25) is 0 Å². The van der Waals surface area contributed by atoms with E-state index in [-0.39, 0.29) is 42.0 Å². The Hall–Kier alpha value is -4.33. The number of amides is 1. The van der Waals surface area contributed by atoms with Crippen LogP contribution in [0.25, 0.3) is 5.57 Å². The number of pyridine rings is 1. The van der Waals surface area contributed by atoms with Crippen LogP contribution in [0.1, 0.15) is 34.8 Å². The van der Waals surface area contributed by atoms with Crippen molar-refractivity contribution in [3.8, 4) is 0 Å². The summed E-state index contributed by atoms with van der Waals surface area (Å²) in [6.07, 6.45) is 1.21. The van der Waals surface area contributed by atoms with E-state index < -0.39 is 52.0 Å². The molecule has 0 radical (unpaired) electrons. The van der Waals surface area contributed by atoms with Crippen LogP contribution in [0.15, 0.2) is 41.6 Å². The molecule has 0 spiro atoms. The number of hydrogen-bond acceptors (Lipinski definition) is 7. The zero-order valence-corrected chi connectivity index (χ0v) is 22.1. The molecule has 216 valence electrons. The Morgan fingerprint density at radius 2 is 1.85 bits per heavy atom. The fourth-order valence-electron chi connectivity index (χ4n) is 4.94. The van der Waals surface area contributed by atoms with E-state index in [2.05, 4.69) is 25.2 Å². The van der Waals surface area contributed by atoms with Crippen LogP contribution >= 0.6 is 0 Å². The highest BCUT2D eigenvalue weighted by atomic mass is 19.3. The maximum absolute atomic E-state index is 16.3. The molecule has 14 heteroatoms. The van der Waals surface area contributed by atoms with Gasteiger partial charge in [-0.3, -0.25) is 9.59 Å².